The number of nitrogens with two attached hydrogens (primary N) is 1. The number of carbonyl (C=O) groups is 1. The number of Topliss-reactive ketones (excluding diaryl/α,β-unsaturated/α-hetero) is 1. The third-order valence-corrected chi connectivity index (χ3v) is 2.38. The molecule has 2 N–H and O–H groups in total. The van der Waals surface area contributed by atoms with Gasteiger partial charge in [0.1, 0.15) is 5.69 Å². The topological polar surface area (TPSA) is 70.1 Å². The molecule has 92 valence electrons. The Labute approximate surface area is 101 Å². The molecule has 0 bridgehead atoms. The number of terminal acetylenes is 1. The van der Waals surface area contributed by atoms with Gasteiger partial charge in [0.05, 0.1) is 19.3 Å². The number of carbonyl (C=O) groups excluding carboxylic acids is 1. The predicted molar refractivity (Wildman–Crippen MR) is 64.9 cm³/mol. The first-order chi connectivity index (χ1) is 8.02. The number of nitrogens with zero attached hydrogens (tertiary/aromatic N) is 2. The quantitative estimate of drug-likeness (QED) is 0.610. The average Bonchev–Trinajstić information content (AvgIpc) is 2.71. The Bertz CT molecular complexity index is 443. The van der Waals surface area contributed by atoms with Gasteiger partial charge in [-0.2, -0.15) is 5.10 Å². The van der Waals surface area contributed by atoms with Gasteiger partial charge in [-0.3, -0.25) is 9.48 Å². The van der Waals surface area contributed by atoms with Gasteiger partial charge in [-0.1, -0.05) is 0 Å². The van der Waals surface area contributed by atoms with Crippen LogP contribution in [0.1, 0.15) is 36.8 Å². The number of ether oxygens (including phenoxy) is 1. The Kier molecular flexibility index (Phi) is 4.30. The average molecular weight is 235 g/mol. The summed E-state index contributed by atoms with van der Waals surface area (Å²) in [7, 11) is 1.49. The SMILES string of the molecule is C#CCC(N)C(=O)c1c(OC)cnn1C(C)C. The van der Waals surface area contributed by atoms with Gasteiger partial charge in [-0.15, -0.1) is 12.3 Å². The van der Waals surface area contributed by atoms with Gasteiger partial charge in [-0.25, -0.2) is 0 Å². The predicted octanol–water partition coefficient (Wildman–Crippen LogP) is 1.01. The summed E-state index contributed by atoms with van der Waals surface area (Å²) in [4.78, 5) is 12.1. The van der Waals surface area contributed by atoms with Crippen LogP contribution < -0.4 is 10.5 Å². The molecule has 0 saturated heterocycles. The molecule has 1 atom stereocenters. The van der Waals surface area contributed by atoms with Crippen LogP contribution in [-0.4, -0.2) is 28.7 Å². The van der Waals surface area contributed by atoms with E-state index in [0.717, 1.165) is 0 Å². The Morgan fingerprint density at radius 2 is 2.35 bits per heavy atom. The van der Waals surface area contributed by atoms with Crippen molar-refractivity contribution in [3.63, 3.8) is 0 Å². The molecule has 0 aliphatic rings. The third kappa shape index (κ3) is 2.66. The Hall–Kier alpha value is -1.80. The van der Waals surface area contributed by atoms with Crippen LogP contribution in [0.4, 0.5) is 0 Å². The number of hydrogen-bond donors (Lipinski definition) is 1. The molecule has 0 saturated carbocycles. The molecular weight excluding hydrogens is 218 g/mol. The molecule has 1 rings (SSSR count). The van der Waals surface area contributed by atoms with Crippen LogP contribution in [0.15, 0.2) is 6.20 Å². The smallest absolute Gasteiger partial charge is 0.202 e. The highest BCUT2D eigenvalue weighted by atomic mass is 16.5. The maximum Gasteiger partial charge on any atom is 0.202 e. The highest BCUT2D eigenvalue weighted by Crippen LogP contribution is 2.22. The minimum atomic E-state index is -0.719. The van der Waals surface area contributed by atoms with E-state index in [2.05, 4.69) is 11.0 Å². The van der Waals surface area contributed by atoms with E-state index < -0.39 is 6.04 Å². The number of aromatic nitrogens is 2. The minimum absolute atomic E-state index is 0.0517. The molecule has 0 aromatic carbocycles. The molecule has 17 heavy (non-hydrogen) atoms. The number of methoxy groups -OCH3 is 1. The normalized spacial score (nSPS) is 12.2. The van der Waals surface area contributed by atoms with Crippen LogP contribution in [-0.2, 0) is 0 Å². The van der Waals surface area contributed by atoms with Gasteiger partial charge in [0.25, 0.3) is 0 Å². The summed E-state index contributed by atoms with van der Waals surface area (Å²) in [5, 5.41) is 4.11. The van der Waals surface area contributed by atoms with Crippen molar-refractivity contribution in [3.8, 4) is 18.1 Å². The van der Waals surface area contributed by atoms with Gasteiger partial charge >= 0.3 is 0 Å². The van der Waals surface area contributed by atoms with Crippen molar-refractivity contribution in [1.29, 1.82) is 0 Å². The van der Waals surface area contributed by atoms with Crippen LogP contribution >= 0.6 is 0 Å². The number of hydrogen-bond acceptors (Lipinski definition) is 4. The fourth-order valence-corrected chi connectivity index (χ4v) is 1.52. The second-order valence-electron chi connectivity index (χ2n) is 3.98. The highest BCUT2D eigenvalue weighted by molar-refractivity contribution is 6.01. The molecule has 0 spiro atoms. The fraction of sp³-hybridized carbons (Fsp3) is 0.500. The molecule has 0 aliphatic heterocycles. The maximum atomic E-state index is 12.1. The maximum absolute atomic E-state index is 12.1. The van der Waals surface area contributed by atoms with Crippen molar-refractivity contribution in [2.75, 3.05) is 7.11 Å². The molecule has 1 aromatic rings. The number of ketones is 1. The summed E-state index contributed by atoms with van der Waals surface area (Å²) in [5.41, 5.74) is 6.10. The second-order valence-corrected chi connectivity index (χ2v) is 3.98. The van der Waals surface area contributed by atoms with Gasteiger partial charge in [0.15, 0.2) is 5.75 Å². The molecular formula is C12H17N3O2. The first-order valence-electron chi connectivity index (χ1n) is 5.37. The summed E-state index contributed by atoms with van der Waals surface area (Å²) in [6.45, 7) is 3.85. The van der Waals surface area contributed by atoms with Crippen LogP contribution in [0.5, 0.6) is 5.75 Å². The van der Waals surface area contributed by atoms with E-state index in [1.54, 1.807) is 4.68 Å². The Balaban J connectivity index is 3.14. The third-order valence-electron chi connectivity index (χ3n) is 2.38. The first-order valence-corrected chi connectivity index (χ1v) is 5.37. The van der Waals surface area contributed by atoms with E-state index in [1.165, 1.54) is 13.3 Å². The van der Waals surface area contributed by atoms with E-state index in [1.807, 2.05) is 13.8 Å². The van der Waals surface area contributed by atoms with Crippen molar-refractivity contribution < 1.29 is 9.53 Å². The Morgan fingerprint density at radius 1 is 1.71 bits per heavy atom. The van der Waals surface area contributed by atoms with Crippen LogP contribution in [0.25, 0.3) is 0 Å². The van der Waals surface area contributed by atoms with E-state index in [0.29, 0.717) is 11.4 Å². The van der Waals surface area contributed by atoms with Crippen LogP contribution in [0, 0.1) is 12.3 Å². The van der Waals surface area contributed by atoms with Gasteiger partial charge in [-0.05, 0) is 13.8 Å². The lowest BCUT2D eigenvalue weighted by molar-refractivity contribution is 0.0947. The summed E-state index contributed by atoms with van der Waals surface area (Å²) < 4.78 is 6.71. The zero-order valence-corrected chi connectivity index (χ0v) is 10.3. The first kappa shape index (κ1) is 13.3. The molecule has 0 fully saturated rings. The van der Waals surface area contributed by atoms with Crippen LogP contribution in [0.3, 0.4) is 0 Å². The van der Waals surface area contributed by atoms with Crippen molar-refractivity contribution in [3.05, 3.63) is 11.9 Å². The monoisotopic (exact) mass is 235 g/mol. The molecule has 1 aromatic heterocycles. The van der Waals surface area contributed by atoms with Crippen molar-refractivity contribution in [2.24, 2.45) is 5.73 Å². The Morgan fingerprint density at radius 3 is 2.82 bits per heavy atom. The summed E-state index contributed by atoms with van der Waals surface area (Å²) in [6, 6.07) is -0.668. The van der Waals surface area contributed by atoms with E-state index in [9.17, 15) is 4.79 Å². The van der Waals surface area contributed by atoms with E-state index >= 15 is 0 Å². The lowest BCUT2D eigenvalue weighted by atomic mass is 10.1. The van der Waals surface area contributed by atoms with Gasteiger partial charge in [0, 0.05) is 12.5 Å². The van der Waals surface area contributed by atoms with Gasteiger partial charge in [0.2, 0.25) is 5.78 Å². The zero-order valence-electron chi connectivity index (χ0n) is 10.3. The fourth-order valence-electron chi connectivity index (χ4n) is 1.52. The largest absolute Gasteiger partial charge is 0.493 e. The summed E-state index contributed by atoms with van der Waals surface area (Å²) >= 11 is 0. The minimum Gasteiger partial charge on any atom is -0.493 e. The molecule has 1 heterocycles. The highest BCUT2D eigenvalue weighted by Gasteiger charge is 2.25. The lowest BCUT2D eigenvalue weighted by Crippen LogP contribution is -2.32. The lowest BCUT2D eigenvalue weighted by Gasteiger charge is -2.13. The molecule has 0 aliphatic carbocycles. The molecule has 0 radical (unpaired) electrons. The number of rotatable bonds is 5. The van der Waals surface area contributed by atoms with Crippen LogP contribution in [0.2, 0.25) is 0 Å². The molecule has 5 heteroatoms. The molecule has 5 nitrogen and oxygen atoms in total. The summed E-state index contributed by atoms with van der Waals surface area (Å²) in [6.07, 6.45) is 6.86. The van der Waals surface area contributed by atoms with Crippen molar-refractivity contribution in [1.82, 2.24) is 9.78 Å². The van der Waals surface area contributed by atoms with Crippen molar-refractivity contribution >= 4 is 5.78 Å². The van der Waals surface area contributed by atoms with E-state index in [4.69, 9.17) is 16.9 Å². The second kappa shape index (κ2) is 5.51. The van der Waals surface area contributed by atoms with E-state index in [-0.39, 0.29) is 18.2 Å². The molecule has 0 amide bonds. The van der Waals surface area contributed by atoms with Crippen molar-refractivity contribution in [2.45, 2.75) is 32.4 Å². The summed E-state index contributed by atoms with van der Waals surface area (Å²) in [5.74, 6) is 2.56. The molecule has 1 unspecified atom stereocenters. The zero-order chi connectivity index (χ0) is 13.0. The standard InChI is InChI=1S/C12H17N3O2/c1-5-6-9(13)12(16)11-10(17-4)7-14-15(11)8(2)3/h1,7-9H,6,13H2,2-4H3. The van der Waals surface area contributed by atoms with Gasteiger partial charge < -0.3 is 10.5 Å².